The van der Waals surface area contributed by atoms with Gasteiger partial charge in [0, 0.05) is 37.6 Å². The Bertz CT molecular complexity index is 616. The molecule has 0 aliphatic heterocycles. The van der Waals surface area contributed by atoms with Crippen LogP contribution in [0.4, 0.5) is 5.69 Å². The van der Waals surface area contributed by atoms with Crippen molar-refractivity contribution in [1.29, 1.82) is 0 Å². The first-order chi connectivity index (χ1) is 10.0. The predicted octanol–water partition coefficient (Wildman–Crippen LogP) is 3.12. The van der Waals surface area contributed by atoms with Gasteiger partial charge in [-0.25, -0.2) is 0 Å². The van der Waals surface area contributed by atoms with Gasteiger partial charge in [0.1, 0.15) is 0 Å². The number of aromatic nitrogens is 2. The summed E-state index contributed by atoms with van der Waals surface area (Å²) in [5.74, 6) is 0. The van der Waals surface area contributed by atoms with Crippen LogP contribution in [0.15, 0.2) is 30.5 Å². The standard InChI is InChI=1S/C16H22N4S/c1-5-13-6-8-15(9-7-13)18-16(21)19(3)11-14-10-17-20(4)12(14)2/h6-10H,5,11H2,1-4H3,(H,18,21). The number of nitrogens with one attached hydrogen (secondary N) is 1. The molecule has 1 aromatic carbocycles. The molecule has 1 aromatic heterocycles. The lowest BCUT2D eigenvalue weighted by Gasteiger charge is -2.21. The Hall–Kier alpha value is -1.88. The third-order valence-electron chi connectivity index (χ3n) is 3.70. The van der Waals surface area contributed by atoms with Gasteiger partial charge < -0.3 is 10.2 Å². The number of hydrogen-bond acceptors (Lipinski definition) is 2. The number of anilines is 1. The smallest absolute Gasteiger partial charge is 0.173 e. The van der Waals surface area contributed by atoms with Gasteiger partial charge in [0.2, 0.25) is 0 Å². The number of rotatable bonds is 4. The minimum Gasteiger partial charge on any atom is -0.348 e. The van der Waals surface area contributed by atoms with E-state index in [9.17, 15) is 0 Å². The van der Waals surface area contributed by atoms with Crippen LogP contribution in [0.1, 0.15) is 23.7 Å². The summed E-state index contributed by atoms with van der Waals surface area (Å²) in [5, 5.41) is 8.24. The Kier molecular flexibility index (Phi) is 4.96. The second-order valence-electron chi connectivity index (χ2n) is 5.22. The van der Waals surface area contributed by atoms with Crippen molar-refractivity contribution in [2.24, 2.45) is 7.05 Å². The van der Waals surface area contributed by atoms with Gasteiger partial charge in [-0.15, -0.1) is 0 Å². The molecule has 0 aliphatic rings. The van der Waals surface area contributed by atoms with Crippen LogP contribution in [-0.4, -0.2) is 26.8 Å². The van der Waals surface area contributed by atoms with Crippen LogP contribution in [-0.2, 0) is 20.0 Å². The van der Waals surface area contributed by atoms with E-state index in [4.69, 9.17) is 12.2 Å². The molecule has 0 aliphatic carbocycles. The van der Waals surface area contributed by atoms with Crippen molar-refractivity contribution in [2.75, 3.05) is 12.4 Å². The van der Waals surface area contributed by atoms with Crippen LogP contribution in [0.2, 0.25) is 0 Å². The van der Waals surface area contributed by atoms with Crippen molar-refractivity contribution in [3.8, 4) is 0 Å². The minimum atomic E-state index is 0.711. The number of aryl methyl sites for hydroxylation is 2. The first-order valence-corrected chi connectivity index (χ1v) is 7.50. The lowest BCUT2D eigenvalue weighted by molar-refractivity contribution is 0.506. The Morgan fingerprint density at radius 2 is 2.00 bits per heavy atom. The van der Waals surface area contributed by atoms with E-state index in [0.29, 0.717) is 5.11 Å². The Morgan fingerprint density at radius 1 is 1.33 bits per heavy atom. The monoisotopic (exact) mass is 302 g/mol. The topological polar surface area (TPSA) is 33.1 Å². The lowest BCUT2D eigenvalue weighted by Crippen LogP contribution is -2.30. The second kappa shape index (κ2) is 6.72. The van der Waals surface area contributed by atoms with Crippen LogP contribution >= 0.6 is 12.2 Å². The van der Waals surface area contributed by atoms with E-state index in [1.807, 2.05) is 29.9 Å². The molecule has 1 heterocycles. The fourth-order valence-electron chi connectivity index (χ4n) is 2.07. The molecule has 4 nitrogen and oxygen atoms in total. The van der Waals surface area contributed by atoms with Crippen LogP contribution in [0.3, 0.4) is 0 Å². The van der Waals surface area contributed by atoms with Gasteiger partial charge in [-0.2, -0.15) is 5.10 Å². The van der Waals surface area contributed by atoms with Crippen molar-refractivity contribution < 1.29 is 0 Å². The van der Waals surface area contributed by atoms with Gasteiger partial charge in [0.25, 0.3) is 0 Å². The van der Waals surface area contributed by atoms with Crippen molar-refractivity contribution in [3.05, 3.63) is 47.3 Å². The minimum absolute atomic E-state index is 0.711. The quantitative estimate of drug-likeness (QED) is 0.880. The molecule has 0 bridgehead atoms. The molecule has 2 aromatic rings. The second-order valence-corrected chi connectivity index (χ2v) is 5.60. The first-order valence-electron chi connectivity index (χ1n) is 7.09. The van der Waals surface area contributed by atoms with Gasteiger partial charge in [-0.05, 0) is 43.3 Å². The maximum Gasteiger partial charge on any atom is 0.173 e. The average Bonchev–Trinajstić information content (AvgIpc) is 2.80. The summed E-state index contributed by atoms with van der Waals surface area (Å²) in [6.45, 7) is 4.96. The van der Waals surface area contributed by atoms with Gasteiger partial charge in [-0.1, -0.05) is 19.1 Å². The summed E-state index contributed by atoms with van der Waals surface area (Å²) in [6.07, 6.45) is 2.94. The summed E-state index contributed by atoms with van der Waals surface area (Å²) in [6, 6.07) is 8.37. The summed E-state index contributed by atoms with van der Waals surface area (Å²) in [7, 11) is 3.94. The number of benzene rings is 1. The summed E-state index contributed by atoms with van der Waals surface area (Å²) in [4.78, 5) is 2.02. The SMILES string of the molecule is CCc1ccc(NC(=S)N(C)Cc2cnn(C)c2C)cc1. The Balaban J connectivity index is 1.97. The number of thiocarbonyl (C=S) groups is 1. The zero-order valence-corrected chi connectivity index (χ0v) is 13.9. The molecule has 5 heteroatoms. The molecule has 0 amide bonds. The predicted molar refractivity (Wildman–Crippen MR) is 91.5 cm³/mol. The molecule has 21 heavy (non-hydrogen) atoms. The van der Waals surface area contributed by atoms with E-state index in [0.717, 1.165) is 24.3 Å². The molecule has 112 valence electrons. The van der Waals surface area contributed by atoms with Gasteiger partial charge >= 0.3 is 0 Å². The van der Waals surface area contributed by atoms with E-state index in [1.54, 1.807) is 0 Å². The number of nitrogens with zero attached hydrogens (tertiary/aromatic N) is 3. The highest BCUT2D eigenvalue weighted by molar-refractivity contribution is 7.80. The van der Waals surface area contributed by atoms with E-state index in [1.165, 1.54) is 11.1 Å². The summed E-state index contributed by atoms with van der Waals surface area (Å²) >= 11 is 5.46. The van der Waals surface area contributed by atoms with Crippen LogP contribution < -0.4 is 5.32 Å². The molecule has 2 rings (SSSR count). The van der Waals surface area contributed by atoms with Crippen molar-refractivity contribution >= 4 is 23.0 Å². The van der Waals surface area contributed by atoms with E-state index in [2.05, 4.69) is 48.5 Å². The normalized spacial score (nSPS) is 10.5. The fraction of sp³-hybridized carbons (Fsp3) is 0.375. The van der Waals surface area contributed by atoms with Gasteiger partial charge in [0.15, 0.2) is 5.11 Å². The molecule has 0 radical (unpaired) electrons. The first kappa shape index (κ1) is 15.5. The van der Waals surface area contributed by atoms with Crippen molar-refractivity contribution in [3.63, 3.8) is 0 Å². The van der Waals surface area contributed by atoms with Crippen molar-refractivity contribution in [2.45, 2.75) is 26.8 Å². The summed E-state index contributed by atoms with van der Waals surface area (Å²) in [5.41, 5.74) is 4.69. The van der Waals surface area contributed by atoms with Gasteiger partial charge in [-0.3, -0.25) is 4.68 Å². The van der Waals surface area contributed by atoms with Crippen molar-refractivity contribution in [1.82, 2.24) is 14.7 Å². The molecule has 0 saturated carbocycles. The maximum atomic E-state index is 5.46. The summed E-state index contributed by atoms with van der Waals surface area (Å²) < 4.78 is 1.88. The Labute approximate surface area is 131 Å². The highest BCUT2D eigenvalue weighted by Gasteiger charge is 2.10. The highest BCUT2D eigenvalue weighted by atomic mass is 32.1. The molecule has 0 spiro atoms. The van der Waals surface area contributed by atoms with Crippen LogP contribution in [0.5, 0.6) is 0 Å². The van der Waals surface area contributed by atoms with E-state index < -0.39 is 0 Å². The van der Waals surface area contributed by atoms with E-state index in [-0.39, 0.29) is 0 Å². The molecule has 0 fully saturated rings. The van der Waals surface area contributed by atoms with Crippen LogP contribution in [0.25, 0.3) is 0 Å². The molecular formula is C16H22N4S. The molecule has 0 atom stereocenters. The highest BCUT2D eigenvalue weighted by Crippen LogP contribution is 2.13. The fourth-order valence-corrected chi connectivity index (χ4v) is 2.25. The number of hydrogen-bond donors (Lipinski definition) is 1. The lowest BCUT2D eigenvalue weighted by atomic mass is 10.1. The Morgan fingerprint density at radius 3 is 2.52 bits per heavy atom. The maximum absolute atomic E-state index is 5.46. The van der Waals surface area contributed by atoms with Gasteiger partial charge in [0.05, 0.1) is 6.20 Å². The zero-order valence-electron chi connectivity index (χ0n) is 13.1. The average molecular weight is 302 g/mol. The molecular weight excluding hydrogens is 280 g/mol. The third kappa shape index (κ3) is 3.82. The third-order valence-corrected chi connectivity index (χ3v) is 4.12. The molecule has 0 saturated heterocycles. The molecule has 1 N–H and O–H groups in total. The van der Waals surface area contributed by atoms with E-state index >= 15 is 0 Å². The zero-order chi connectivity index (χ0) is 15.4. The largest absolute Gasteiger partial charge is 0.348 e. The molecule has 0 unspecified atom stereocenters. The van der Waals surface area contributed by atoms with Crippen LogP contribution in [0, 0.1) is 6.92 Å².